The summed E-state index contributed by atoms with van der Waals surface area (Å²) in [6, 6.07) is 1.94. The predicted molar refractivity (Wildman–Crippen MR) is 100.0 cm³/mol. The molecule has 0 aromatic carbocycles. The van der Waals surface area contributed by atoms with Crippen molar-refractivity contribution >= 4 is 17.2 Å². The van der Waals surface area contributed by atoms with Crippen LogP contribution in [0.15, 0.2) is 21.3 Å². The molecule has 26 heavy (non-hydrogen) atoms. The molecule has 1 N–H and O–H groups in total. The number of ether oxygens (including phenoxy) is 1. The Kier molecular flexibility index (Phi) is 6.76. The van der Waals surface area contributed by atoms with E-state index in [2.05, 4.69) is 34.2 Å². The number of carbonyl (C=O) groups excluding carboxylic acids is 1. The van der Waals surface area contributed by atoms with Crippen molar-refractivity contribution in [3.63, 3.8) is 0 Å². The van der Waals surface area contributed by atoms with Crippen LogP contribution in [0.3, 0.4) is 0 Å². The van der Waals surface area contributed by atoms with Crippen molar-refractivity contribution < 1.29 is 14.1 Å². The Labute approximate surface area is 157 Å². The third-order valence-corrected chi connectivity index (χ3v) is 4.87. The van der Waals surface area contributed by atoms with Gasteiger partial charge in [-0.05, 0) is 17.4 Å². The second kappa shape index (κ2) is 9.25. The molecule has 0 bridgehead atoms. The Balaban J connectivity index is 1.38. The Hall–Kier alpha value is -1.77. The molecule has 8 heteroatoms. The first-order valence-corrected chi connectivity index (χ1v) is 10.00. The maximum absolute atomic E-state index is 12.1. The van der Waals surface area contributed by atoms with Crippen LogP contribution in [0.5, 0.6) is 0 Å². The lowest BCUT2D eigenvalue weighted by Gasteiger charge is -2.33. The number of hydrogen-bond donors (Lipinski definition) is 1. The summed E-state index contributed by atoms with van der Waals surface area (Å²) in [5.74, 6) is 1.67. The number of amides is 1. The number of nitrogens with zero attached hydrogens (tertiary/aromatic N) is 3. The molecular weight excluding hydrogens is 352 g/mol. The van der Waals surface area contributed by atoms with Crippen molar-refractivity contribution in [2.45, 2.75) is 32.8 Å². The number of aryl methyl sites for hydroxylation is 1. The summed E-state index contributed by atoms with van der Waals surface area (Å²) in [4.78, 5) is 18.8. The van der Waals surface area contributed by atoms with Crippen molar-refractivity contribution in [3.8, 4) is 11.4 Å². The van der Waals surface area contributed by atoms with Crippen molar-refractivity contribution in [1.82, 2.24) is 20.4 Å². The Morgan fingerprint density at radius 1 is 1.50 bits per heavy atom. The van der Waals surface area contributed by atoms with E-state index in [9.17, 15) is 4.79 Å². The number of carbonyl (C=O) groups is 1. The van der Waals surface area contributed by atoms with Crippen LogP contribution in [0.2, 0.25) is 0 Å². The minimum atomic E-state index is -0.0233. The Morgan fingerprint density at radius 2 is 2.38 bits per heavy atom. The van der Waals surface area contributed by atoms with E-state index in [1.165, 1.54) is 0 Å². The van der Waals surface area contributed by atoms with Gasteiger partial charge in [-0.1, -0.05) is 19.0 Å². The quantitative estimate of drug-likeness (QED) is 0.759. The molecule has 1 aliphatic heterocycles. The lowest BCUT2D eigenvalue weighted by atomic mass is 10.2. The molecular formula is C18H26N4O3S. The minimum absolute atomic E-state index is 0.0233. The molecule has 1 aliphatic rings. The maximum Gasteiger partial charge on any atom is 0.227 e. The molecule has 1 saturated heterocycles. The smallest absolute Gasteiger partial charge is 0.227 e. The van der Waals surface area contributed by atoms with Gasteiger partial charge in [-0.3, -0.25) is 9.69 Å². The number of hydrogen-bond acceptors (Lipinski definition) is 7. The fourth-order valence-corrected chi connectivity index (χ4v) is 3.62. The third kappa shape index (κ3) is 5.62. The second-order valence-electron chi connectivity index (χ2n) is 6.97. The largest absolute Gasteiger partial charge is 0.374 e. The van der Waals surface area contributed by atoms with E-state index in [0.717, 1.165) is 31.8 Å². The minimum Gasteiger partial charge on any atom is -0.374 e. The van der Waals surface area contributed by atoms with Crippen LogP contribution in [-0.4, -0.2) is 59.8 Å². The first-order chi connectivity index (χ1) is 12.6. The summed E-state index contributed by atoms with van der Waals surface area (Å²) in [5.41, 5.74) is 0.940. The number of rotatable bonds is 8. The molecule has 0 spiro atoms. The summed E-state index contributed by atoms with van der Waals surface area (Å²) < 4.78 is 11.0. The number of morpholine rings is 1. The van der Waals surface area contributed by atoms with Crippen LogP contribution in [0.4, 0.5) is 0 Å². The van der Waals surface area contributed by atoms with Crippen molar-refractivity contribution in [1.29, 1.82) is 0 Å². The van der Waals surface area contributed by atoms with Gasteiger partial charge in [-0.2, -0.15) is 16.3 Å². The van der Waals surface area contributed by atoms with Crippen molar-refractivity contribution in [2.75, 3.05) is 32.8 Å². The number of nitrogens with one attached hydrogen (secondary N) is 1. The van der Waals surface area contributed by atoms with Crippen LogP contribution in [0, 0.1) is 5.92 Å². The fraction of sp³-hybridized carbons (Fsp3) is 0.611. The molecule has 3 rings (SSSR count). The SMILES string of the molecule is CC(C)CN1CCOC(CNC(=O)CCc2nc(-c3ccsc3)no2)C1. The molecule has 7 nitrogen and oxygen atoms in total. The highest BCUT2D eigenvalue weighted by Crippen LogP contribution is 2.19. The van der Waals surface area contributed by atoms with Crippen molar-refractivity contribution in [3.05, 3.63) is 22.7 Å². The molecule has 2 aromatic heterocycles. The van der Waals surface area contributed by atoms with Crippen LogP contribution in [-0.2, 0) is 16.0 Å². The van der Waals surface area contributed by atoms with Gasteiger partial charge in [-0.15, -0.1) is 0 Å². The molecule has 0 radical (unpaired) electrons. The summed E-state index contributed by atoms with van der Waals surface area (Å²) in [7, 11) is 0. The van der Waals surface area contributed by atoms with Gasteiger partial charge in [0.05, 0.1) is 12.7 Å². The highest BCUT2D eigenvalue weighted by Gasteiger charge is 2.21. The van der Waals surface area contributed by atoms with Gasteiger partial charge in [0.1, 0.15) is 0 Å². The zero-order valence-electron chi connectivity index (χ0n) is 15.3. The van der Waals surface area contributed by atoms with Crippen LogP contribution in [0.1, 0.15) is 26.2 Å². The van der Waals surface area contributed by atoms with Crippen LogP contribution in [0.25, 0.3) is 11.4 Å². The monoisotopic (exact) mass is 378 g/mol. The summed E-state index contributed by atoms with van der Waals surface area (Å²) in [6.45, 7) is 8.59. The molecule has 142 valence electrons. The Morgan fingerprint density at radius 3 is 3.15 bits per heavy atom. The molecule has 1 unspecified atom stereocenters. The molecule has 0 saturated carbocycles. The average Bonchev–Trinajstić information content (AvgIpc) is 3.29. The molecule has 3 heterocycles. The summed E-state index contributed by atoms with van der Waals surface area (Å²) in [5, 5.41) is 10.8. The average molecular weight is 378 g/mol. The molecule has 1 fully saturated rings. The first-order valence-electron chi connectivity index (χ1n) is 9.06. The van der Waals surface area contributed by atoms with Gasteiger partial charge in [0.25, 0.3) is 0 Å². The molecule has 1 amide bonds. The highest BCUT2D eigenvalue weighted by molar-refractivity contribution is 7.08. The predicted octanol–water partition coefficient (Wildman–Crippen LogP) is 2.20. The van der Waals surface area contributed by atoms with E-state index < -0.39 is 0 Å². The molecule has 0 aliphatic carbocycles. The number of aromatic nitrogens is 2. The zero-order chi connectivity index (χ0) is 18.4. The lowest BCUT2D eigenvalue weighted by Crippen LogP contribution is -2.48. The van der Waals surface area contributed by atoms with Gasteiger partial charge >= 0.3 is 0 Å². The van der Waals surface area contributed by atoms with Gasteiger partial charge in [-0.25, -0.2) is 0 Å². The molecule has 1 atom stereocenters. The topological polar surface area (TPSA) is 80.5 Å². The van der Waals surface area contributed by atoms with Crippen molar-refractivity contribution in [2.24, 2.45) is 5.92 Å². The third-order valence-electron chi connectivity index (χ3n) is 4.19. The van der Waals surface area contributed by atoms with E-state index in [1.54, 1.807) is 11.3 Å². The normalized spacial score (nSPS) is 18.3. The van der Waals surface area contributed by atoms with E-state index >= 15 is 0 Å². The number of thiophene rings is 1. The van der Waals surface area contributed by atoms with E-state index in [1.807, 2.05) is 16.8 Å². The standard InChI is InChI=1S/C18H26N4O3S/c1-13(2)10-22-6-7-24-15(11-22)9-19-16(23)3-4-17-20-18(21-25-17)14-5-8-26-12-14/h5,8,12-13,15H,3-4,6-7,9-11H2,1-2H3,(H,19,23). The maximum atomic E-state index is 12.1. The molecule has 2 aromatic rings. The zero-order valence-corrected chi connectivity index (χ0v) is 16.1. The van der Waals surface area contributed by atoms with Gasteiger partial charge in [0.2, 0.25) is 17.6 Å². The van der Waals surface area contributed by atoms with E-state index in [4.69, 9.17) is 9.26 Å². The summed E-state index contributed by atoms with van der Waals surface area (Å²) in [6.07, 6.45) is 0.821. The van der Waals surface area contributed by atoms with Gasteiger partial charge in [0, 0.05) is 50.0 Å². The second-order valence-corrected chi connectivity index (χ2v) is 7.75. The van der Waals surface area contributed by atoms with Gasteiger partial charge < -0.3 is 14.6 Å². The lowest BCUT2D eigenvalue weighted by molar-refractivity contribution is -0.122. The first kappa shape index (κ1) is 19.0. The Bertz CT molecular complexity index is 686. The fourth-order valence-electron chi connectivity index (χ4n) is 2.99. The van der Waals surface area contributed by atoms with E-state index in [0.29, 0.717) is 37.0 Å². The van der Waals surface area contributed by atoms with Gasteiger partial charge in [0.15, 0.2) is 0 Å². The van der Waals surface area contributed by atoms with Crippen LogP contribution >= 0.6 is 11.3 Å². The van der Waals surface area contributed by atoms with E-state index in [-0.39, 0.29) is 12.0 Å². The highest BCUT2D eigenvalue weighted by atomic mass is 32.1. The summed E-state index contributed by atoms with van der Waals surface area (Å²) >= 11 is 1.58. The van der Waals surface area contributed by atoms with Crippen LogP contribution < -0.4 is 5.32 Å².